The summed E-state index contributed by atoms with van der Waals surface area (Å²) < 4.78 is 0. The van der Waals surface area contributed by atoms with Crippen LogP contribution in [0.2, 0.25) is 0 Å². The van der Waals surface area contributed by atoms with Crippen LogP contribution in [0.5, 0.6) is 0 Å². The highest BCUT2D eigenvalue weighted by molar-refractivity contribution is 5.18. The first-order chi connectivity index (χ1) is 8.31. The number of piperidine rings is 1. The predicted molar refractivity (Wildman–Crippen MR) is 69.6 cm³/mol. The maximum absolute atomic E-state index is 10.3. The number of benzene rings is 1. The molecule has 2 rings (SSSR count). The van der Waals surface area contributed by atoms with Gasteiger partial charge in [0.05, 0.1) is 6.10 Å². The number of rotatable bonds is 4. The molecule has 1 aliphatic rings. The van der Waals surface area contributed by atoms with Crippen molar-refractivity contribution in [1.29, 1.82) is 0 Å². The molecular formula is C14H22N2O. The minimum Gasteiger partial charge on any atom is -0.388 e. The van der Waals surface area contributed by atoms with E-state index in [1.54, 1.807) is 0 Å². The monoisotopic (exact) mass is 234 g/mol. The molecule has 1 unspecified atom stereocenters. The van der Waals surface area contributed by atoms with Crippen LogP contribution in [-0.4, -0.2) is 36.2 Å². The van der Waals surface area contributed by atoms with Gasteiger partial charge in [-0.2, -0.15) is 0 Å². The molecule has 1 aromatic rings. The van der Waals surface area contributed by atoms with Gasteiger partial charge in [-0.15, -0.1) is 0 Å². The van der Waals surface area contributed by atoms with E-state index in [1.165, 1.54) is 0 Å². The molecule has 0 bridgehead atoms. The first kappa shape index (κ1) is 12.6. The van der Waals surface area contributed by atoms with E-state index in [0.29, 0.717) is 5.92 Å². The Kier molecular flexibility index (Phi) is 4.54. The van der Waals surface area contributed by atoms with Crippen molar-refractivity contribution >= 4 is 0 Å². The predicted octanol–water partition coefficient (Wildman–Crippen LogP) is 1.39. The molecule has 3 N–H and O–H groups in total. The molecule has 17 heavy (non-hydrogen) atoms. The van der Waals surface area contributed by atoms with E-state index in [-0.39, 0.29) is 6.10 Å². The number of nitrogens with two attached hydrogens (primary N) is 1. The molecule has 1 fully saturated rings. The highest BCUT2D eigenvalue weighted by Gasteiger charge is 2.25. The van der Waals surface area contributed by atoms with Gasteiger partial charge in [0.25, 0.3) is 0 Å². The van der Waals surface area contributed by atoms with Crippen molar-refractivity contribution < 1.29 is 5.11 Å². The molecule has 0 spiro atoms. The molecule has 1 aromatic carbocycles. The molecule has 1 heterocycles. The third-order valence-corrected chi connectivity index (χ3v) is 3.67. The first-order valence-corrected chi connectivity index (χ1v) is 6.46. The van der Waals surface area contributed by atoms with Crippen molar-refractivity contribution in [3.8, 4) is 0 Å². The smallest absolute Gasteiger partial charge is 0.0819 e. The molecule has 0 saturated carbocycles. The minimum atomic E-state index is -0.309. The fourth-order valence-corrected chi connectivity index (χ4v) is 2.60. The third kappa shape index (κ3) is 3.28. The molecule has 1 aliphatic heterocycles. The van der Waals surface area contributed by atoms with Crippen molar-refractivity contribution in [2.75, 3.05) is 26.2 Å². The second-order valence-electron chi connectivity index (χ2n) is 4.82. The van der Waals surface area contributed by atoms with Gasteiger partial charge in [-0.05, 0) is 37.4 Å². The van der Waals surface area contributed by atoms with Crippen molar-refractivity contribution in [3.63, 3.8) is 0 Å². The second kappa shape index (κ2) is 6.15. The molecular weight excluding hydrogens is 212 g/mol. The van der Waals surface area contributed by atoms with Crippen LogP contribution in [0.4, 0.5) is 0 Å². The first-order valence-electron chi connectivity index (χ1n) is 6.46. The Labute approximate surface area is 103 Å². The van der Waals surface area contributed by atoms with Gasteiger partial charge in [-0.25, -0.2) is 0 Å². The SMILES string of the molecule is NCCN1CCC(C(O)c2ccccc2)CC1. The standard InChI is InChI=1S/C14H22N2O/c15-8-11-16-9-6-13(7-10-16)14(17)12-4-2-1-3-5-12/h1-5,13-14,17H,6-11,15H2. The van der Waals surface area contributed by atoms with Crippen LogP contribution < -0.4 is 5.73 Å². The average Bonchev–Trinajstić information content (AvgIpc) is 2.40. The van der Waals surface area contributed by atoms with Crippen LogP contribution in [0.3, 0.4) is 0 Å². The Hall–Kier alpha value is -0.900. The van der Waals surface area contributed by atoms with Crippen molar-refractivity contribution in [1.82, 2.24) is 4.90 Å². The minimum absolute atomic E-state index is 0.309. The van der Waals surface area contributed by atoms with E-state index < -0.39 is 0 Å². The lowest BCUT2D eigenvalue weighted by Crippen LogP contribution is -2.38. The average molecular weight is 234 g/mol. The van der Waals surface area contributed by atoms with Crippen molar-refractivity contribution in [2.24, 2.45) is 11.7 Å². The number of aliphatic hydroxyl groups is 1. The van der Waals surface area contributed by atoms with E-state index in [4.69, 9.17) is 5.73 Å². The maximum Gasteiger partial charge on any atom is 0.0819 e. The van der Waals surface area contributed by atoms with E-state index in [1.807, 2.05) is 30.3 Å². The zero-order valence-corrected chi connectivity index (χ0v) is 10.3. The van der Waals surface area contributed by atoms with Crippen LogP contribution in [-0.2, 0) is 0 Å². The Bertz CT molecular complexity index is 320. The summed E-state index contributed by atoms with van der Waals surface area (Å²) >= 11 is 0. The number of hydrogen-bond donors (Lipinski definition) is 2. The zero-order chi connectivity index (χ0) is 12.1. The zero-order valence-electron chi connectivity index (χ0n) is 10.3. The summed E-state index contributed by atoms with van der Waals surface area (Å²) in [6.07, 6.45) is 1.82. The summed E-state index contributed by atoms with van der Waals surface area (Å²) in [5.41, 5.74) is 6.60. The number of hydrogen-bond acceptors (Lipinski definition) is 3. The fourth-order valence-electron chi connectivity index (χ4n) is 2.60. The molecule has 94 valence electrons. The molecule has 0 amide bonds. The van der Waals surface area contributed by atoms with E-state index in [9.17, 15) is 5.11 Å². The van der Waals surface area contributed by atoms with Crippen LogP contribution in [0, 0.1) is 5.92 Å². The molecule has 1 saturated heterocycles. The Morgan fingerprint density at radius 2 is 1.88 bits per heavy atom. The number of likely N-dealkylation sites (tertiary alicyclic amines) is 1. The van der Waals surface area contributed by atoms with E-state index in [0.717, 1.165) is 44.6 Å². The maximum atomic E-state index is 10.3. The van der Waals surface area contributed by atoms with Gasteiger partial charge in [0, 0.05) is 13.1 Å². The van der Waals surface area contributed by atoms with E-state index >= 15 is 0 Å². The van der Waals surface area contributed by atoms with Crippen LogP contribution in [0.1, 0.15) is 24.5 Å². The van der Waals surface area contributed by atoms with Gasteiger partial charge in [-0.1, -0.05) is 30.3 Å². The number of nitrogens with zero attached hydrogens (tertiary/aromatic N) is 1. The molecule has 1 atom stereocenters. The summed E-state index contributed by atoms with van der Waals surface area (Å²) in [7, 11) is 0. The topological polar surface area (TPSA) is 49.5 Å². The van der Waals surface area contributed by atoms with Crippen molar-refractivity contribution in [2.45, 2.75) is 18.9 Å². The van der Waals surface area contributed by atoms with Gasteiger partial charge >= 0.3 is 0 Å². The Morgan fingerprint density at radius 3 is 2.47 bits per heavy atom. The molecule has 3 nitrogen and oxygen atoms in total. The Morgan fingerprint density at radius 1 is 1.24 bits per heavy atom. The second-order valence-corrected chi connectivity index (χ2v) is 4.82. The highest BCUT2D eigenvalue weighted by atomic mass is 16.3. The summed E-state index contributed by atoms with van der Waals surface area (Å²) in [5.74, 6) is 0.395. The van der Waals surface area contributed by atoms with Crippen LogP contribution >= 0.6 is 0 Å². The quantitative estimate of drug-likeness (QED) is 0.827. The van der Waals surface area contributed by atoms with Crippen LogP contribution in [0.25, 0.3) is 0 Å². The van der Waals surface area contributed by atoms with E-state index in [2.05, 4.69) is 4.90 Å². The molecule has 0 radical (unpaired) electrons. The molecule has 0 aromatic heterocycles. The summed E-state index contributed by atoms with van der Waals surface area (Å²) in [4.78, 5) is 2.38. The fraction of sp³-hybridized carbons (Fsp3) is 0.571. The lowest BCUT2D eigenvalue weighted by atomic mass is 9.87. The summed E-state index contributed by atoms with van der Waals surface area (Å²) in [5, 5.41) is 10.3. The number of aliphatic hydroxyl groups excluding tert-OH is 1. The normalized spacial score (nSPS) is 20.4. The summed E-state index contributed by atoms with van der Waals surface area (Å²) in [6, 6.07) is 9.98. The van der Waals surface area contributed by atoms with Gasteiger partial charge in [0.1, 0.15) is 0 Å². The third-order valence-electron chi connectivity index (χ3n) is 3.67. The van der Waals surface area contributed by atoms with Crippen molar-refractivity contribution in [3.05, 3.63) is 35.9 Å². The lowest BCUT2D eigenvalue weighted by molar-refractivity contribution is 0.0598. The van der Waals surface area contributed by atoms with Gasteiger partial charge in [0.2, 0.25) is 0 Å². The lowest BCUT2D eigenvalue weighted by Gasteiger charge is -2.34. The highest BCUT2D eigenvalue weighted by Crippen LogP contribution is 2.30. The summed E-state index contributed by atoms with van der Waals surface area (Å²) in [6.45, 7) is 3.83. The molecule has 3 heteroatoms. The van der Waals surface area contributed by atoms with Gasteiger partial charge in [0.15, 0.2) is 0 Å². The Balaban J connectivity index is 1.88. The van der Waals surface area contributed by atoms with Gasteiger partial charge < -0.3 is 15.7 Å². The van der Waals surface area contributed by atoms with Crippen LogP contribution in [0.15, 0.2) is 30.3 Å². The van der Waals surface area contributed by atoms with Gasteiger partial charge in [-0.3, -0.25) is 0 Å². The largest absolute Gasteiger partial charge is 0.388 e. The molecule has 0 aliphatic carbocycles.